The van der Waals surface area contributed by atoms with Gasteiger partial charge in [0.15, 0.2) is 0 Å². The van der Waals surface area contributed by atoms with Crippen LogP contribution in [-0.4, -0.2) is 11.1 Å². The van der Waals surface area contributed by atoms with E-state index < -0.39 is 5.97 Å². The van der Waals surface area contributed by atoms with Crippen LogP contribution in [-0.2, 0) is 17.6 Å². The topological polar surface area (TPSA) is 86.1 Å². The van der Waals surface area contributed by atoms with Gasteiger partial charge in [0.1, 0.15) is 0 Å². The number of fused-ring (bicyclic) bond motifs is 1. The van der Waals surface area contributed by atoms with Crippen LogP contribution in [0.1, 0.15) is 54.8 Å². The van der Waals surface area contributed by atoms with Gasteiger partial charge in [0.05, 0.1) is 6.04 Å². The zero-order valence-electron chi connectivity index (χ0n) is 11.5. The summed E-state index contributed by atoms with van der Waals surface area (Å²) in [5, 5.41) is 12.5. The molecule has 106 valence electrons. The Morgan fingerprint density at radius 3 is 2.80 bits per heavy atom. The summed E-state index contributed by atoms with van der Waals surface area (Å²) in [6, 6.07) is 6.02. The SMILES string of the molecule is [N-]=[N+]=NC(CCCC(=O)O)c1ccc2c(c1)CCCC2. The van der Waals surface area contributed by atoms with Gasteiger partial charge >= 0.3 is 5.97 Å². The molecule has 5 nitrogen and oxygen atoms in total. The molecule has 5 heteroatoms. The average molecular weight is 273 g/mol. The zero-order chi connectivity index (χ0) is 14.4. The summed E-state index contributed by atoms with van der Waals surface area (Å²) in [5.41, 5.74) is 12.4. The molecule has 1 N–H and O–H groups in total. The Morgan fingerprint density at radius 2 is 2.10 bits per heavy atom. The number of hydrogen-bond acceptors (Lipinski definition) is 2. The van der Waals surface area contributed by atoms with Gasteiger partial charge in [0, 0.05) is 11.3 Å². The molecular weight excluding hydrogens is 254 g/mol. The molecule has 0 bridgehead atoms. The number of carbonyl (C=O) groups is 1. The van der Waals surface area contributed by atoms with Gasteiger partial charge in [0.2, 0.25) is 0 Å². The van der Waals surface area contributed by atoms with Crippen LogP contribution in [0.2, 0.25) is 0 Å². The molecule has 1 aliphatic rings. The Hall–Kier alpha value is -2.00. The first-order chi connectivity index (χ1) is 9.70. The Labute approximate surface area is 118 Å². The smallest absolute Gasteiger partial charge is 0.303 e. The first kappa shape index (κ1) is 14.4. The standard InChI is InChI=1S/C15H19N3O2/c16-18-17-14(6-3-7-15(19)20)13-9-8-11-4-1-2-5-12(11)10-13/h8-10,14H,1-7H2,(H,19,20). The maximum absolute atomic E-state index is 10.6. The van der Waals surface area contributed by atoms with Crippen LogP contribution in [0.3, 0.4) is 0 Å². The highest BCUT2D eigenvalue weighted by Crippen LogP contribution is 2.29. The fourth-order valence-corrected chi connectivity index (χ4v) is 2.76. The molecule has 0 aromatic heterocycles. The molecule has 0 saturated heterocycles. The van der Waals surface area contributed by atoms with Crippen LogP contribution in [0.25, 0.3) is 10.4 Å². The molecule has 1 unspecified atom stereocenters. The third-order valence-electron chi connectivity index (χ3n) is 3.82. The third-order valence-corrected chi connectivity index (χ3v) is 3.82. The van der Waals surface area contributed by atoms with E-state index in [1.54, 1.807) is 0 Å². The van der Waals surface area contributed by atoms with E-state index in [-0.39, 0.29) is 12.5 Å². The Morgan fingerprint density at radius 1 is 1.35 bits per heavy atom. The normalized spacial score (nSPS) is 15.0. The molecule has 0 amide bonds. The lowest BCUT2D eigenvalue weighted by molar-refractivity contribution is -0.137. The fourth-order valence-electron chi connectivity index (χ4n) is 2.76. The van der Waals surface area contributed by atoms with Crippen molar-refractivity contribution in [1.82, 2.24) is 0 Å². The summed E-state index contributed by atoms with van der Waals surface area (Å²) < 4.78 is 0. The van der Waals surface area contributed by atoms with Gasteiger partial charge in [-0.2, -0.15) is 0 Å². The summed E-state index contributed by atoms with van der Waals surface area (Å²) in [7, 11) is 0. The molecule has 0 spiro atoms. The number of nitrogens with zero attached hydrogens (tertiary/aromatic N) is 3. The first-order valence-corrected chi connectivity index (χ1v) is 7.08. The predicted molar refractivity (Wildman–Crippen MR) is 76.5 cm³/mol. The summed E-state index contributed by atoms with van der Waals surface area (Å²) in [6.07, 6.45) is 5.88. The average Bonchev–Trinajstić information content (AvgIpc) is 2.45. The molecule has 0 saturated carbocycles. The van der Waals surface area contributed by atoms with Crippen LogP contribution in [0.15, 0.2) is 23.3 Å². The van der Waals surface area contributed by atoms with Crippen molar-refractivity contribution < 1.29 is 9.90 Å². The van der Waals surface area contributed by atoms with E-state index in [0.29, 0.717) is 12.8 Å². The second-order valence-corrected chi connectivity index (χ2v) is 5.24. The number of hydrogen-bond donors (Lipinski definition) is 1. The van der Waals surface area contributed by atoms with E-state index >= 15 is 0 Å². The summed E-state index contributed by atoms with van der Waals surface area (Å²) in [4.78, 5) is 13.5. The number of benzene rings is 1. The maximum Gasteiger partial charge on any atom is 0.303 e. The molecule has 2 rings (SSSR count). The minimum atomic E-state index is -0.810. The van der Waals surface area contributed by atoms with Crippen LogP contribution >= 0.6 is 0 Å². The van der Waals surface area contributed by atoms with Crippen LogP contribution in [0.5, 0.6) is 0 Å². The number of aliphatic carboxylic acids is 1. The Kier molecular flexibility index (Phi) is 5.02. The Balaban J connectivity index is 2.12. The van der Waals surface area contributed by atoms with E-state index in [9.17, 15) is 4.79 Å². The largest absolute Gasteiger partial charge is 0.481 e. The first-order valence-electron chi connectivity index (χ1n) is 7.08. The van der Waals surface area contributed by atoms with Crippen molar-refractivity contribution in [3.63, 3.8) is 0 Å². The van der Waals surface area contributed by atoms with Crippen molar-refractivity contribution in [3.05, 3.63) is 45.3 Å². The lowest BCUT2D eigenvalue weighted by Crippen LogP contribution is -2.05. The van der Waals surface area contributed by atoms with Crippen molar-refractivity contribution >= 4 is 5.97 Å². The molecule has 0 aliphatic heterocycles. The van der Waals surface area contributed by atoms with Crippen molar-refractivity contribution in [1.29, 1.82) is 0 Å². The molecule has 1 aromatic rings. The summed E-state index contributed by atoms with van der Waals surface area (Å²) in [6.45, 7) is 0. The zero-order valence-corrected chi connectivity index (χ0v) is 11.5. The highest BCUT2D eigenvalue weighted by Gasteiger charge is 2.14. The molecule has 0 fully saturated rings. The summed E-state index contributed by atoms with van der Waals surface area (Å²) >= 11 is 0. The minimum Gasteiger partial charge on any atom is -0.481 e. The van der Waals surface area contributed by atoms with Gasteiger partial charge in [-0.3, -0.25) is 4.79 Å². The van der Waals surface area contributed by atoms with Crippen molar-refractivity contribution in [2.24, 2.45) is 5.11 Å². The lowest BCUT2D eigenvalue weighted by atomic mass is 9.88. The highest BCUT2D eigenvalue weighted by molar-refractivity contribution is 5.66. The van der Waals surface area contributed by atoms with Crippen LogP contribution in [0.4, 0.5) is 0 Å². The van der Waals surface area contributed by atoms with Gasteiger partial charge < -0.3 is 5.11 Å². The van der Waals surface area contributed by atoms with E-state index in [2.05, 4.69) is 22.2 Å². The number of carboxylic acid groups (broad SMARTS) is 1. The van der Waals surface area contributed by atoms with Gasteiger partial charge in [-0.1, -0.05) is 23.3 Å². The minimum absolute atomic E-state index is 0.113. The molecular formula is C15H19N3O2. The Bertz CT molecular complexity index is 536. The number of rotatable bonds is 6. The van der Waals surface area contributed by atoms with Gasteiger partial charge in [-0.05, 0) is 60.7 Å². The number of aryl methyl sites for hydroxylation is 2. The van der Waals surface area contributed by atoms with E-state index in [0.717, 1.165) is 18.4 Å². The van der Waals surface area contributed by atoms with Crippen LogP contribution < -0.4 is 0 Å². The molecule has 20 heavy (non-hydrogen) atoms. The number of carboxylic acids is 1. The predicted octanol–water partition coefficient (Wildman–Crippen LogP) is 4.17. The van der Waals surface area contributed by atoms with Crippen molar-refractivity contribution in [2.75, 3.05) is 0 Å². The number of azide groups is 1. The van der Waals surface area contributed by atoms with E-state index in [4.69, 9.17) is 10.6 Å². The molecule has 1 aromatic carbocycles. The molecule has 0 radical (unpaired) electrons. The van der Waals surface area contributed by atoms with Crippen molar-refractivity contribution in [3.8, 4) is 0 Å². The second kappa shape index (κ2) is 6.96. The molecule has 0 heterocycles. The quantitative estimate of drug-likeness (QED) is 0.479. The summed E-state index contributed by atoms with van der Waals surface area (Å²) in [5.74, 6) is -0.810. The van der Waals surface area contributed by atoms with Crippen LogP contribution in [0, 0.1) is 0 Å². The second-order valence-electron chi connectivity index (χ2n) is 5.24. The fraction of sp³-hybridized carbons (Fsp3) is 0.533. The van der Waals surface area contributed by atoms with Gasteiger partial charge in [0.25, 0.3) is 0 Å². The van der Waals surface area contributed by atoms with Crippen molar-refractivity contribution in [2.45, 2.75) is 51.0 Å². The van der Waals surface area contributed by atoms with Gasteiger partial charge in [-0.15, -0.1) is 0 Å². The maximum atomic E-state index is 10.6. The monoisotopic (exact) mass is 273 g/mol. The molecule has 1 atom stereocenters. The molecule has 1 aliphatic carbocycles. The highest BCUT2D eigenvalue weighted by atomic mass is 16.4. The van der Waals surface area contributed by atoms with E-state index in [1.807, 2.05) is 6.07 Å². The van der Waals surface area contributed by atoms with Gasteiger partial charge in [-0.25, -0.2) is 0 Å². The third kappa shape index (κ3) is 3.75. The van der Waals surface area contributed by atoms with E-state index in [1.165, 1.54) is 24.0 Å². The lowest BCUT2D eigenvalue weighted by Gasteiger charge is -2.19.